The predicted molar refractivity (Wildman–Crippen MR) is 123 cm³/mol. The SMILES string of the molecule is CN1CCN(S(=O)(=O)c2ccc(N3CCN(S(=O)(=O)N4CCCCCC4)CC3)nc2)CC1. The average Bonchev–Trinajstić information content (AvgIpc) is 3.10. The van der Waals surface area contributed by atoms with E-state index in [1.807, 2.05) is 11.9 Å². The zero-order valence-electron chi connectivity index (χ0n) is 18.8. The first kappa shape index (κ1) is 23.8. The summed E-state index contributed by atoms with van der Waals surface area (Å²) in [6, 6.07) is 3.33. The first-order valence-electron chi connectivity index (χ1n) is 11.4. The zero-order valence-corrected chi connectivity index (χ0v) is 20.4. The molecule has 0 aliphatic carbocycles. The molecule has 3 aliphatic heterocycles. The van der Waals surface area contributed by atoms with Crippen LogP contribution in [0.4, 0.5) is 5.82 Å². The van der Waals surface area contributed by atoms with Gasteiger partial charge in [-0.3, -0.25) is 0 Å². The van der Waals surface area contributed by atoms with Gasteiger partial charge in [0.1, 0.15) is 10.7 Å². The summed E-state index contributed by atoms with van der Waals surface area (Å²) in [5.74, 6) is 0.675. The Morgan fingerprint density at radius 3 is 1.81 bits per heavy atom. The first-order chi connectivity index (χ1) is 15.3. The van der Waals surface area contributed by atoms with Crippen molar-refractivity contribution in [3.8, 4) is 0 Å². The fourth-order valence-electron chi connectivity index (χ4n) is 4.47. The molecule has 180 valence electrons. The lowest BCUT2D eigenvalue weighted by Crippen LogP contribution is -2.53. The zero-order chi connectivity index (χ0) is 22.8. The van der Waals surface area contributed by atoms with Gasteiger partial charge in [0.25, 0.3) is 10.2 Å². The molecule has 32 heavy (non-hydrogen) atoms. The molecule has 12 heteroatoms. The number of rotatable bonds is 5. The molecule has 0 spiro atoms. The van der Waals surface area contributed by atoms with Gasteiger partial charge in [0.2, 0.25) is 10.0 Å². The Kier molecular flexibility index (Phi) is 7.37. The fraction of sp³-hybridized carbons (Fsp3) is 0.750. The van der Waals surface area contributed by atoms with Crippen molar-refractivity contribution in [2.24, 2.45) is 0 Å². The van der Waals surface area contributed by atoms with Crippen LogP contribution in [0.1, 0.15) is 25.7 Å². The van der Waals surface area contributed by atoms with Gasteiger partial charge >= 0.3 is 0 Å². The lowest BCUT2D eigenvalue weighted by atomic mass is 10.2. The van der Waals surface area contributed by atoms with E-state index in [9.17, 15) is 16.8 Å². The second-order valence-corrected chi connectivity index (χ2v) is 12.6. The van der Waals surface area contributed by atoms with E-state index in [-0.39, 0.29) is 4.90 Å². The highest BCUT2D eigenvalue weighted by Gasteiger charge is 2.33. The third kappa shape index (κ3) is 5.10. The summed E-state index contributed by atoms with van der Waals surface area (Å²) < 4.78 is 56.5. The maximum Gasteiger partial charge on any atom is 0.282 e. The van der Waals surface area contributed by atoms with Crippen LogP contribution in [0.2, 0.25) is 0 Å². The number of pyridine rings is 1. The van der Waals surface area contributed by atoms with Crippen LogP contribution in [0.25, 0.3) is 0 Å². The Labute approximate surface area is 192 Å². The standard InChI is InChI=1S/C20H34N6O4S2/c1-22-10-14-24(15-11-22)31(27,28)19-6-7-20(21-18-19)23-12-16-26(17-13-23)32(29,30)25-8-4-2-3-5-9-25/h6-7,18H,2-5,8-17H2,1H3. The van der Waals surface area contributed by atoms with Gasteiger partial charge in [-0.2, -0.15) is 21.3 Å². The van der Waals surface area contributed by atoms with E-state index in [4.69, 9.17) is 0 Å². The highest BCUT2D eigenvalue weighted by atomic mass is 32.2. The highest BCUT2D eigenvalue weighted by molar-refractivity contribution is 7.89. The lowest BCUT2D eigenvalue weighted by molar-refractivity contribution is 0.222. The van der Waals surface area contributed by atoms with Crippen LogP contribution in [0.5, 0.6) is 0 Å². The Bertz CT molecular complexity index is 962. The quantitative estimate of drug-likeness (QED) is 0.589. The van der Waals surface area contributed by atoms with Crippen LogP contribution in [-0.4, -0.2) is 112 Å². The molecule has 0 radical (unpaired) electrons. The Hall–Kier alpha value is -1.31. The summed E-state index contributed by atoms with van der Waals surface area (Å²) >= 11 is 0. The van der Waals surface area contributed by atoms with Crippen molar-refractivity contribution in [1.29, 1.82) is 0 Å². The van der Waals surface area contributed by atoms with Gasteiger partial charge in [0.05, 0.1) is 0 Å². The van der Waals surface area contributed by atoms with Crippen molar-refractivity contribution in [3.05, 3.63) is 18.3 Å². The minimum Gasteiger partial charge on any atom is -0.354 e. The molecule has 0 unspecified atom stereocenters. The minimum absolute atomic E-state index is 0.202. The second-order valence-electron chi connectivity index (χ2n) is 8.77. The molecular formula is C20H34N6O4S2. The molecule has 4 heterocycles. The van der Waals surface area contributed by atoms with Gasteiger partial charge in [-0.05, 0) is 32.0 Å². The Balaban J connectivity index is 1.37. The van der Waals surface area contributed by atoms with Crippen molar-refractivity contribution in [2.75, 3.05) is 77.4 Å². The molecule has 0 atom stereocenters. The molecule has 3 aliphatic rings. The summed E-state index contributed by atoms with van der Waals surface area (Å²) in [7, 11) is -4.98. The van der Waals surface area contributed by atoms with Gasteiger partial charge in [0, 0.05) is 71.6 Å². The van der Waals surface area contributed by atoms with E-state index in [2.05, 4.69) is 9.88 Å². The van der Waals surface area contributed by atoms with Gasteiger partial charge < -0.3 is 9.80 Å². The number of piperazine rings is 2. The Morgan fingerprint density at radius 1 is 0.688 bits per heavy atom. The maximum absolute atomic E-state index is 13.0. The van der Waals surface area contributed by atoms with Gasteiger partial charge in [-0.15, -0.1) is 0 Å². The average molecular weight is 487 g/mol. The van der Waals surface area contributed by atoms with Crippen LogP contribution < -0.4 is 4.90 Å². The minimum atomic E-state index is -3.54. The third-order valence-electron chi connectivity index (χ3n) is 6.60. The van der Waals surface area contributed by atoms with E-state index < -0.39 is 20.2 Å². The number of hydrogen-bond acceptors (Lipinski definition) is 7. The molecule has 0 N–H and O–H groups in total. The van der Waals surface area contributed by atoms with Crippen LogP contribution in [-0.2, 0) is 20.2 Å². The number of hydrogen-bond donors (Lipinski definition) is 0. The molecule has 0 saturated carbocycles. The maximum atomic E-state index is 13.0. The number of likely N-dealkylation sites (N-methyl/N-ethyl adjacent to an activating group) is 1. The van der Waals surface area contributed by atoms with E-state index in [1.54, 1.807) is 20.7 Å². The molecule has 1 aromatic heterocycles. The molecule has 1 aromatic rings. The number of aromatic nitrogens is 1. The van der Waals surface area contributed by atoms with Gasteiger partial charge in [-0.25, -0.2) is 13.4 Å². The summed E-state index contributed by atoms with van der Waals surface area (Å²) in [5.41, 5.74) is 0. The largest absolute Gasteiger partial charge is 0.354 e. The van der Waals surface area contributed by atoms with Gasteiger partial charge in [0.15, 0.2) is 0 Å². The number of sulfonamides is 1. The van der Waals surface area contributed by atoms with Crippen LogP contribution in [0, 0.1) is 0 Å². The van der Waals surface area contributed by atoms with Crippen LogP contribution >= 0.6 is 0 Å². The van der Waals surface area contributed by atoms with E-state index in [1.165, 1.54) is 10.5 Å². The molecule has 10 nitrogen and oxygen atoms in total. The monoisotopic (exact) mass is 486 g/mol. The molecular weight excluding hydrogens is 452 g/mol. The van der Waals surface area contributed by atoms with Crippen molar-refractivity contribution in [3.63, 3.8) is 0 Å². The van der Waals surface area contributed by atoms with E-state index in [0.29, 0.717) is 58.2 Å². The predicted octanol–water partition coefficient (Wildman–Crippen LogP) is 0.261. The summed E-state index contributed by atoms with van der Waals surface area (Å²) in [6.45, 7) is 5.48. The van der Waals surface area contributed by atoms with Crippen molar-refractivity contribution in [2.45, 2.75) is 30.6 Å². The molecule has 0 amide bonds. The van der Waals surface area contributed by atoms with Crippen LogP contribution in [0.3, 0.4) is 0 Å². The topological polar surface area (TPSA) is 97.4 Å². The van der Waals surface area contributed by atoms with Gasteiger partial charge in [-0.1, -0.05) is 12.8 Å². The molecule has 0 bridgehead atoms. The summed E-state index contributed by atoms with van der Waals surface area (Å²) in [4.78, 5) is 8.73. The fourth-order valence-corrected chi connectivity index (χ4v) is 7.51. The molecule has 4 rings (SSSR count). The lowest BCUT2D eigenvalue weighted by Gasteiger charge is -2.37. The Morgan fingerprint density at radius 2 is 1.25 bits per heavy atom. The van der Waals surface area contributed by atoms with Crippen molar-refractivity contribution >= 4 is 26.1 Å². The molecule has 3 saturated heterocycles. The summed E-state index contributed by atoms with van der Waals surface area (Å²) in [6.07, 6.45) is 5.44. The summed E-state index contributed by atoms with van der Waals surface area (Å²) in [5, 5.41) is 0. The third-order valence-corrected chi connectivity index (χ3v) is 10.5. The molecule has 3 fully saturated rings. The van der Waals surface area contributed by atoms with E-state index >= 15 is 0 Å². The van der Waals surface area contributed by atoms with Crippen molar-refractivity contribution < 1.29 is 16.8 Å². The first-order valence-corrected chi connectivity index (χ1v) is 14.3. The second kappa shape index (κ2) is 9.90. The molecule has 0 aromatic carbocycles. The normalized spacial score (nSPS) is 23.8. The van der Waals surface area contributed by atoms with Crippen molar-refractivity contribution in [1.82, 2.24) is 22.8 Å². The smallest absolute Gasteiger partial charge is 0.282 e. The number of nitrogens with zero attached hydrogens (tertiary/aromatic N) is 6. The number of anilines is 1. The highest BCUT2D eigenvalue weighted by Crippen LogP contribution is 2.22. The van der Waals surface area contributed by atoms with Crippen LogP contribution in [0.15, 0.2) is 23.2 Å². The van der Waals surface area contributed by atoms with E-state index in [0.717, 1.165) is 38.8 Å².